The Morgan fingerprint density at radius 1 is 1.39 bits per heavy atom. The molecule has 0 spiro atoms. The highest BCUT2D eigenvalue weighted by Crippen LogP contribution is 2.27. The summed E-state index contributed by atoms with van der Waals surface area (Å²) in [5.74, 6) is -1.36. The van der Waals surface area contributed by atoms with E-state index >= 15 is 0 Å². The van der Waals surface area contributed by atoms with Crippen LogP contribution in [0.1, 0.15) is 18.9 Å². The molecule has 2 N–H and O–H groups in total. The van der Waals surface area contributed by atoms with E-state index in [9.17, 15) is 13.9 Å². The third kappa shape index (κ3) is 3.25. The predicted octanol–water partition coefficient (Wildman–Crippen LogP) is 1.55. The number of rotatable bonds is 3. The molecule has 100 valence electrons. The Morgan fingerprint density at radius 3 is 2.61 bits per heavy atom. The summed E-state index contributed by atoms with van der Waals surface area (Å²) in [6.07, 6.45) is 0.343. The average Bonchev–Trinajstić information content (AvgIpc) is 2.28. The fourth-order valence-electron chi connectivity index (χ4n) is 2.21. The molecule has 0 radical (unpaired) electrons. The van der Waals surface area contributed by atoms with Crippen molar-refractivity contribution in [3.63, 3.8) is 0 Å². The lowest BCUT2D eigenvalue weighted by Crippen LogP contribution is -2.45. The number of nitrogens with one attached hydrogen (secondary N) is 1. The molecule has 1 aromatic carbocycles. The van der Waals surface area contributed by atoms with Gasteiger partial charge in [0, 0.05) is 18.7 Å². The first-order valence-corrected chi connectivity index (χ1v) is 5.97. The second kappa shape index (κ2) is 5.30. The number of benzene rings is 1. The molecule has 0 aliphatic carbocycles. The Labute approximate surface area is 105 Å². The lowest BCUT2D eigenvalue weighted by molar-refractivity contribution is 0.00286. The van der Waals surface area contributed by atoms with Crippen LogP contribution in [0.15, 0.2) is 18.2 Å². The Hall–Kier alpha value is -1.04. The van der Waals surface area contributed by atoms with Gasteiger partial charge in [0.1, 0.15) is 11.6 Å². The van der Waals surface area contributed by atoms with E-state index < -0.39 is 17.2 Å². The van der Waals surface area contributed by atoms with E-state index in [1.807, 2.05) is 0 Å². The van der Waals surface area contributed by atoms with Crippen LogP contribution in [0.3, 0.4) is 0 Å². The highest BCUT2D eigenvalue weighted by molar-refractivity contribution is 5.24. The van der Waals surface area contributed by atoms with Crippen LogP contribution < -0.4 is 5.32 Å². The maximum atomic E-state index is 13.1. The molecule has 18 heavy (non-hydrogen) atoms. The van der Waals surface area contributed by atoms with Gasteiger partial charge in [0.25, 0.3) is 0 Å². The minimum atomic E-state index is -1.29. The first-order valence-electron chi connectivity index (χ1n) is 5.97. The molecule has 0 saturated carbocycles. The number of ether oxygens (including phenoxy) is 1. The summed E-state index contributed by atoms with van der Waals surface area (Å²) in [7, 11) is 0. The number of hydrogen-bond donors (Lipinski definition) is 2. The molecule has 0 amide bonds. The maximum absolute atomic E-state index is 13.1. The Morgan fingerprint density at radius 2 is 2.06 bits per heavy atom. The molecule has 2 atom stereocenters. The third-order valence-electron chi connectivity index (χ3n) is 3.13. The molecule has 2 rings (SSSR count). The van der Waals surface area contributed by atoms with Crippen LogP contribution in [0.25, 0.3) is 0 Å². The zero-order chi connectivity index (χ0) is 13.2. The van der Waals surface area contributed by atoms with Gasteiger partial charge in [0.05, 0.1) is 18.8 Å². The molecule has 0 bridgehead atoms. The van der Waals surface area contributed by atoms with Crippen LogP contribution in [-0.2, 0) is 10.3 Å². The van der Waals surface area contributed by atoms with Gasteiger partial charge in [-0.2, -0.15) is 0 Å². The first kappa shape index (κ1) is 13.4. The predicted molar refractivity (Wildman–Crippen MR) is 63.2 cm³/mol. The summed E-state index contributed by atoms with van der Waals surface area (Å²) in [4.78, 5) is 0. The van der Waals surface area contributed by atoms with Crippen molar-refractivity contribution >= 4 is 0 Å². The quantitative estimate of drug-likeness (QED) is 0.863. The minimum absolute atomic E-state index is 0.0138. The Bertz CT molecular complexity index is 397. The first-order chi connectivity index (χ1) is 8.47. The van der Waals surface area contributed by atoms with Crippen LogP contribution in [0.2, 0.25) is 0 Å². The molecule has 1 aliphatic rings. The van der Waals surface area contributed by atoms with Gasteiger partial charge in [-0.25, -0.2) is 8.78 Å². The van der Waals surface area contributed by atoms with E-state index in [1.54, 1.807) is 6.92 Å². The minimum Gasteiger partial charge on any atom is -0.385 e. The zero-order valence-corrected chi connectivity index (χ0v) is 10.2. The van der Waals surface area contributed by atoms with Crippen molar-refractivity contribution in [2.24, 2.45) is 0 Å². The standard InChI is InChI=1S/C13H17F2NO2/c1-13(17,7-12-8-18-3-2-16-12)9-4-10(14)6-11(15)5-9/h4-6,12,16-17H,2-3,7-8H2,1H3. The monoisotopic (exact) mass is 257 g/mol. The van der Waals surface area contributed by atoms with Crippen LogP contribution in [0, 0.1) is 11.6 Å². The SMILES string of the molecule is CC(O)(CC1COCCN1)c1cc(F)cc(F)c1. The highest BCUT2D eigenvalue weighted by Gasteiger charge is 2.29. The summed E-state index contributed by atoms with van der Waals surface area (Å²) in [5.41, 5.74) is -1.05. The van der Waals surface area contributed by atoms with Gasteiger partial charge >= 0.3 is 0 Å². The Kier molecular flexibility index (Phi) is 3.94. The largest absolute Gasteiger partial charge is 0.385 e. The van der Waals surface area contributed by atoms with Crippen molar-refractivity contribution in [3.8, 4) is 0 Å². The van der Waals surface area contributed by atoms with Gasteiger partial charge in [-0.05, 0) is 31.0 Å². The van der Waals surface area contributed by atoms with E-state index in [-0.39, 0.29) is 11.6 Å². The topological polar surface area (TPSA) is 41.5 Å². The van der Waals surface area contributed by atoms with Gasteiger partial charge in [-0.3, -0.25) is 0 Å². The summed E-state index contributed by atoms with van der Waals surface area (Å²) in [6.45, 7) is 3.41. The number of morpholine rings is 1. The number of hydrogen-bond acceptors (Lipinski definition) is 3. The van der Waals surface area contributed by atoms with Crippen molar-refractivity contribution in [1.29, 1.82) is 0 Å². The van der Waals surface area contributed by atoms with Crippen molar-refractivity contribution < 1.29 is 18.6 Å². The molecule has 5 heteroatoms. The van der Waals surface area contributed by atoms with Crippen LogP contribution in [-0.4, -0.2) is 30.9 Å². The van der Waals surface area contributed by atoms with Gasteiger partial charge in [-0.1, -0.05) is 0 Å². The summed E-state index contributed by atoms with van der Waals surface area (Å²) < 4.78 is 31.6. The van der Waals surface area contributed by atoms with Crippen LogP contribution >= 0.6 is 0 Å². The van der Waals surface area contributed by atoms with Gasteiger partial charge < -0.3 is 15.2 Å². The fraction of sp³-hybridized carbons (Fsp3) is 0.538. The number of halogens is 2. The van der Waals surface area contributed by atoms with Crippen molar-refractivity contribution in [2.75, 3.05) is 19.8 Å². The maximum Gasteiger partial charge on any atom is 0.126 e. The van der Waals surface area contributed by atoms with Crippen LogP contribution in [0.5, 0.6) is 0 Å². The summed E-state index contributed by atoms with van der Waals surface area (Å²) in [5, 5.41) is 13.6. The van der Waals surface area contributed by atoms with Crippen molar-refractivity contribution in [1.82, 2.24) is 5.32 Å². The smallest absolute Gasteiger partial charge is 0.126 e. The van der Waals surface area contributed by atoms with E-state index in [4.69, 9.17) is 4.74 Å². The van der Waals surface area contributed by atoms with Gasteiger partial charge in [0.15, 0.2) is 0 Å². The molecule has 2 unspecified atom stereocenters. The second-order valence-electron chi connectivity index (χ2n) is 4.86. The normalized spacial score (nSPS) is 23.7. The molecule has 1 heterocycles. The lowest BCUT2D eigenvalue weighted by Gasteiger charge is -2.31. The molecule has 1 aliphatic heterocycles. The van der Waals surface area contributed by atoms with E-state index in [0.717, 1.165) is 24.7 Å². The number of aliphatic hydroxyl groups is 1. The fourth-order valence-corrected chi connectivity index (χ4v) is 2.21. The molecule has 1 aromatic rings. The molecule has 3 nitrogen and oxygen atoms in total. The van der Waals surface area contributed by atoms with E-state index in [2.05, 4.69) is 5.32 Å². The van der Waals surface area contributed by atoms with E-state index in [0.29, 0.717) is 19.6 Å². The third-order valence-corrected chi connectivity index (χ3v) is 3.13. The summed E-state index contributed by atoms with van der Waals surface area (Å²) >= 11 is 0. The van der Waals surface area contributed by atoms with Crippen molar-refractivity contribution in [3.05, 3.63) is 35.4 Å². The molecular formula is C13H17F2NO2. The molecular weight excluding hydrogens is 240 g/mol. The average molecular weight is 257 g/mol. The lowest BCUT2D eigenvalue weighted by atomic mass is 9.89. The van der Waals surface area contributed by atoms with Gasteiger partial charge in [-0.15, -0.1) is 0 Å². The Balaban J connectivity index is 2.13. The van der Waals surface area contributed by atoms with Crippen LogP contribution in [0.4, 0.5) is 8.78 Å². The zero-order valence-electron chi connectivity index (χ0n) is 10.2. The molecule has 1 saturated heterocycles. The van der Waals surface area contributed by atoms with Gasteiger partial charge in [0.2, 0.25) is 0 Å². The summed E-state index contributed by atoms with van der Waals surface area (Å²) in [6, 6.07) is 3.10. The van der Waals surface area contributed by atoms with Crippen molar-refractivity contribution in [2.45, 2.75) is 25.0 Å². The van der Waals surface area contributed by atoms with E-state index in [1.165, 1.54) is 0 Å². The highest BCUT2D eigenvalue weighted by atomic mass is 19.1. The molecule has 0 aromatic heterocycles. The second-order valence-corrected chi connectivity index (χ2v) is 4.86. The molecule has 1 fully saturated rings.